The normalized spacial score (nSPS) is 10.5. The van der Waals surface area contributed by atoms with Crippen LogP contribution in [-0.2, 0) is 11.2 Å². The van der Waals surface area contributed by atoms with Gasteiger partial charge in [-0.15, -0.1) is 11.3 Å². The zero-order chi connectivity index (χ0) is 19.3. The highest BCUT2D eigenvalue weighted by Crippen LogP contribution is 2.31. The molecule has 140 valence electrons. The number of alkyl halides is 2. The van der Waals surface area contributed by atoms with Crippen molar-refractivity contribution in [3.8, 4) is 5.75 Å². The van der Waals surface area contributed by atoms with Gasteiger partial charge in [0.2, 0.25) is 0 Å². The van der Waals surface area contributed by atoms with Crippen LogP contribution >= 0.6 is 35.2 Å². The van der Waals surface area contributed by atoms with Crippen LogP contribution in [-0.4, -0.2) is 24.8 Å². The SMILES string of the molecule is CCc1cc(C(=O)OC)c(NC(=S)Nc2ccc(OC(F)F)c(Cl)c2)s1. The van der Waals surface area contributed by atoms with Crippen molar-refractivity contribution >= 4 is 56.9 Å². The lowest BCUT2D eigenvalue weighted by atomic mass is 10.2. The summed E-state index contributed by atoms with van der Waals surface area (Å²) >= 11 is 12.5. The number of thiophene rings is 1. The lowest BCUT2D eigenvalue weighted by molar-refractivity contribution is -0.0497. The van der Waals surface area contributed by atoms with Gasteiger partial charge in [-0.1, -0.05) is 18.5 Å². The van der Waals surface area contributed by atoms with Gasteiger partial charge in [0.1, 0.15) is 10.8 Å². The number of hydrogen-bond acceptors (Lipinski definition) is 5. The minimum Gasteiger partial charge on any atom is -0.465 e. The quantitative estimate of drug-likeness (QED) is 0.497. The molecule has 10 heteroatoms. The first-order valence-electron chi connectivity index (χ1n) is 7.37. The molecule has 2 rings (SSSR count). The van der Waals surface area contributed by atoms with E-state index in [1.54, 1.807) is 6.07 Å². The largest absolute Gasteiger partial charge is 0.465 e. The van der Waals surface area contributed by atoms with Crippen molar-refractivity contribution < 1.29 is 23.0 Å². The van der Waals surface area contributed by atoms with Gasteiger partial charge in [-0.25, -0.2) is 4.79 Å². The number of hydrogen-bond donors (Lipinski definition) is 2. The van der Waals surface area contributed by atoms with E-state index < -0.39 is 12.6 Å². The molecule has 0 aliphatic carbocycles. The molecule has 0 saturated carbocycles. The van der Waals surface area contributed by atoms with E-state index in [-0.39, 0.29) is 15.9 Å². The van der Waals surface area contributed by atoms with Crippen LogP contribution < -0.4 is 15.4 Å². The number of methoxy groups -OCH3 is 1. The first-order valence-corrected chi connectivity index (χ1v) is 8.97. The number of thiocarbonyl (C=S) groups is 1. The van der Waals surface area contributed by atoms with Gasteiger partial charge in [0.15, 0.2) is 5.11 Å². The van der Waals surface area contributed by atoms with E-state index in [1.807, 2.05) is 6.92 Å². The zero-order valence-corrected chi connectivity index (χ0v) is 16.2. The molecule has 1 aromatic carbocycles. The molecule has 0 fully saturated rings. The summed E-state index contributed by atoms with van der Waals surface area (Å²) in [5.74, 6) is -0.604. The third kappa shape index (κ3) is 5.26. The summed E-state index contributed by atoms with van der Waals surface area (Å²) in [6.07, 6.45) is 0.762. The number of aryl methyl sites for hydroxylation is 1. The van der Waals surface area contributed by atoms with Crippen molar-refractivity contribution in [2.75, 3.05) is 17.7 Å². The molecule has 1 aromatic heterocycles. The summed E-state index contributed by atoms with van der Waals surface area (Å²) in [6.45, 7) is -0.990. The number of carbonyl (C=O) groups excluding carboxylic acids is 1. The minimum absolute atomic E-state index is 0.0118. The number of anilines is 2. The predicted octanol–water partition coefficient (Wildman–Crippen LogP) is 5.16. The Hall–Kier alpha value is -1.97. The van der Waals surface area contributed by atoms with Crippen LogP contribution in [0.15, 0.2) is 24.3 Å². The summed E-state index contributed by atoms with van der Waals surface area (Å²) in [6, 6.07) is 5.94. The number of carbonyl (C=O) groups is 1. The Morgan fingerprint density at radius 1 is 1.35 bits per heavy atom. The third-order valence-electron chi connectivity index (χ3n) is 3.17. The molecule has 1 heterocycles. The Kier molecular flexibility index (Phi) is 7.13. The molecule has 2 N–H and O–H groups in total. The van der Waals surface area contributed by atoms with E-state index in [9.17, 15) is 13.6 Å². The Balaban J connectivity index is 2.10. The third-order valence-corrected chi connectivity index (χ3v) is 4.86. The molecule has 0 atom stereocenters. The van der Waals surface area contributed by atoms with Crippen LogP contribution in [0.2, 0.25) is 5.02 Å². The second kappa shape index (κ2) is 9.11. The van der Waals surface area contributed by atoms with Gasteiger partial charge < -0.3 is 20.1 Å². The highest BCUT2D eigenvalue weighted by atomic mass is 35.5. The fourth-order valence-electron chi connectivity index (χ4n) is 2.01. The average molecular weight is 421 g/mol. The smallest absolute Gasteiger partial charge is 0.387 e. The monoisotopic (exact) mass is 420 g/mol. The van der Waals surface area contributed by atoms with E-state index in [4.69, 9.17) is 28.6 Å². The molecule has 0 aliphatic rings. The van der Waals surface area contributed by atoms with E-state index in [0.717, 1.165) is 11.3 Å². The van der Waals surface area contributed by atoms with Crippen LogP contribution in [0.4, 0.5) is 19.5 Å². The van der Waals surface area contributed by atoms with E-state index in [1.165, 1.54) is 36.6 Å². The van der Waals surface area contributed by atoms with Crippen molar-refractivity contribution in [3.63, 3.8) is 0 Å². The van der Waals surface area contributed by atoms with Gasteiger partial charge in [-0.05, 0) is 42.9 Å². The van der Waals surface area contributed by atoms with Gasteiger partial charge in [0, 0.05) is 10.6 Å². The number of rotatable bonds is 6. The Bertz CT molecular complexity index is 815. The number of nitrogens with one attached hydrogen (secondary N) is 2. The molecule has 0 radical (unpaired) electrons. The number of ether oxygens (including phenoxy) is 2. The highest BCUT2D eigenvalue weighted by molar-refractivity contribution is 7.80. The maximum Gasteiger partial charge on any atom is 0.387 e. The van der Waals surface area contributed by atoms with E-state index >= 15 is 0 Å². The number of esters is 1. The average Bonchev–Trinajstić information content (AvgIpc) is 2.99. The molecule has 0 unspecified atom stereocenters. The van der Waals surface area contributed by atoms with Crippen molar-refractivity contribution in [1.29, 1.82) is 0 Å². The molecule has 0 bridgehead atoms. The van der Waals surface area contributed by atoms with Crippen LogP contribution in [0, 0.1) is 0 Å². The van der Waals surface area contributed by atoms with Gasteiger partial charge in [-0.2, -0.15) is 8.78 Å². The standard InChI is InChI=1S/C16H15ClF2N2O3S2/c1-3-9-7-10(14(22)23-2)13(26-9)21-16(25)20-8-4-5-12(11(17)6-8)24-15(18)19/h4-7,15H,3H2,1-2H3,(H2,20,21,25). The van der Waals surface area contributed by atoms with Gasteiger partial charge in [-0.3, -0.25) is 0 Å². The van der Waals surface area contributed by atoms with Crippen molar-refractivity contribution in [3.05, 3.63) is 39.7 Å². The molecule has 5 nitrogen and oxygen atoms in total. The molecule has 0 amide bonds. The molecule has 2 aromatic rings. The lowest BCUT2D eigenvalue weighted by Crippen LogP contribution is -2.20. The second-order valence-electron chi connectivity index (χ2n) is 4.90. The Morgan fingerprint density at radius 3 is 2.65 bits per heavy atom. The second-order valence-corrected chi connectivity index (χ2v) is 6.86. The molecule has 0 spiro atoms. The minimum atomic E-state index is -2.96. The molecular weight excluding hydrogens is 406 g/mol. The van der Waals surface area contributed by atoms with Crippen LogP contribution in [0.25, 0.3) is 0 Å². The summed E-state index contributed by atoms with van der Waals surface area (Å²) in [7, 11) is 1.30. The first-order chi connectivity index (χ1) is 12.3. The van der Waals surface area contributed by atoms with Crippen LogP contribution in [0.5, 0.6) is 5.75 Å². The molecule has 26 heavy (non-hydrogen) atoms. The predicted molar refractivity (Wildman–Crippen MR) is 103 cm³/mol. The van der Waals surface area contributed by atoms with Gasteiger partial charge in [0.05, 0.1) is 17.7 Å². The fraction of sp³-hybridized carbons (Fsp3) is 0.250. The topological polar surface area (TPSA) is 59.6 Å². The Labute approximate surface area is 163 Å². The highest BCUT2D eigenvalue weighted by Gasteiger charge is 2.17. The van der Waals surface area contributed by atoms with Crippen molar-refractivity contribution in [1.82, 2.24) is 0 Å². The number of benzene rings is 1. The summed E-state index contributed by atoms with van der Waals surface area (Å²) in [5, 5.41) is 6.58. The molecule has 0 aliphatic heterocycles. The molecule has 0 saturated heterocycles. The van der Waals surface area contributed by atoms with Crippen LogP contribution in [0.3, 0.4) is 0 Å². The number of halogens is 3. The van der Waals surface area contributed by atoms with E-state index in [0.29, 0.717) is 16.3 Å². The summed E-state index contributed by atoms with van der Waals surface area (Å²) in [5.41, 5.74) is 0.859. The summed E-state index contributed by atoms with van der Waals surface area (Å²) in [4.78, 5) is 12.9. The summed E-state index contributed by atoms with van der Waals surface area (Å²) < 4.78 is 33.6. The van der Waals surface area contributed by atoms with Crippen molar-refractivity contribution in [2.24, 2.45) is 0 Å². The van der Waals surface area contributed by atoms with Crippen molar-refractivity contribution in [2.45, 2.75) is 20.0 Å². The zero-order valence-electron chi connectivity index (χ0n) is 13.8. The van der Waals surface area contributed by atoms with Gasteiger partial charge in [0.25, 0.3) is 0 Å². The maximum atomic E-state index is 12.3. The fourth-order valence-corrected chi connectivity index (χ4v) is 3.50. The lowest BCUT2D eigenvalue weighted by Gasteiger charge is -2.12. The molecular formula is C16H15ClF2N2O3S2. The van der Waals surface area contributed by atoms with Crippen LogP contribution in [0.1, 0.15) is 22.2 Å². The maximum absolute atomic E-state index is 12.3. The Morgan fingerprint density at radius 2 is 2.08 bits per heavy atom. The first kappa shape index (κ1) is 20.3. The van der Waals surface area contributed by atoms with E-state index in [2.05, 4.69) is 15.4 Å². The van der Waals surface area contributed by atoms with Gasteiger partial charge >= 0.3 is 12.6 Å².